The Kier molecular flexibility index (Phi) is 8.05. The molecule has 2 rings (SSSR count). The fraction of sp³-hybridized carbons (Fsp3) is 0.483. The van der Waals surface area contributed by atoms with Crippen LogP contribution in [-0.4, -0.2) is 23.6 Å². The average molecular weight is 453 g/mol. The summed E-state index contributed by atoms with van der Waals surface area (Å²) in [5.74, 6) is 2.16. The number of rotatable bonds is 7. The van der Waals surface area contributed by atoms with Crippen LogP contribution in [0.2, 0.25) is 0 Å². The third-order valence-corrected chi connectivity index (χ3v) is 4.62. The van der Waals surface area contributed by atoms with Gasteiger partial charge in [0, 0.05) is 22.8 Å². The molecule has 0 saturated carbocycles. The number of hydrogen-bond acceptors (Lipinski definition) is 4. The van der Waals surface area contributed by atoms with E-state index in [2.05, 4.69) is 26.8 Å². The average Bonchev–Trinajstić information content (AvgIpc) is 2.64. The Morgan fingerprint density at radius 1 is 0.818 bits per heavy atom. The van der Waals surface area contributed by atoms with Crippen LogP contribution in [0.15, 0.2) is 42.5 Å². The van der Waals surface area contributed by atoms with E-state index in [0.717, 1.165) is 22.6 Å². The van der Waals surface area contributed by atoms with Crippen LogP contribution >= 0.6 is 0 Å². The highest BCUT2D eigenvalue weighted by Gasteiger charge is 2.26. The summed E-state index contributed by atoms with van der Waals surface area (Å²) in [7, 11) is 0. The predicted octanol–water partition coefficient (Wildman–Crippen LogP) is 7.63. The minimum absolute atomic E-state index is 0.0768. The van der Waals surface area contributed by atoms with Gasteiger partial charge in [0.15, 0.2) is 5.78 Å². The summed E-state index contributed by atoms with van der Waals surface area (Å²) in [4.78, 5) is 12.8. The van der Waals surface area contributed by atoms with E-state index in [0.29, 0.717) is 17.9 Å². The van der Waals surface area contributed by atoms with E-state index in [1.54, 1.807) is 18.2 Å². The van der Waals surface area contributed by atoms with Gasteiger partial charge >= 0.3 is 0 Å². The van der Waals surface area contributed by atoms with E-state index in [9.17, 15) is 4.79 Å². The molecule has 0 bridgehead atoms. The van der Waals surface area contributed by atoms with Crippen molar-refractivity contribution in [2.45, 2.75) is 85.9 Å². The lowest BCUT2D eigenvalue weighted by molar-refractivity contribution is 0.104. The lowest BCUT2D eigenvalue weighted by atomic mass is 9.85. The molecule has 0 N–H and O–H groups in total. The number of hydrogen-bond donors (Lipinski definition) is 0. The van der Waals surface area contributed by atoms with E-state index >= 15 is 0 Å². The first-order valence-electron chi connectivity index (χ1n) is 11.6. The molecular weight excluding hydrogens is 412 g/mol. The van der Waals surface area contributed by atoms with Gasteiger partial charge in [0.05, 0.1) is 6.61 Å². The number of carbonyl (C=O) groups excluding carboxylic acids is 1. The van der Waals surface area contributed by atoms with E-state index in [4.69, 9.17) is 14.2 Å². The second-order valence-electron chi connectivity index (χ2n) is 11.2. The summed E-state index contributed by atoms with van der Waals surface area (Å²) < 4.78 is 18.1. The Bertz CT molecular complexity index is 978. The maximum absolute atomic E-state index is 12.8. The Hall–Kier alpha value is -2.75. The van der Waals surface area contributed by atoms with Crippen LogP contribution in [0.4, 0.5) is 0 Å². The van der Waals surface area contributed by atoms with Crippen molar-refractivity contribution in [3.8, 4) is 17.2 Å². The van der Waals surface area contributed by atoms with Crippen molar-refractivity contribution in [3.63, 3.8) is 0 Å². The van der Waals surface area contributed by atoms with Gasteiger partial charge < -0.3 is 14.2 Å². The van der Waals surface area contributed by atoms with Crippen molar-refractivity contribution >= 4 is 11.9 Å². The number of benzene rings is 2. The topological polar surface area (TPSA) is 44.8 Å². The molecule has 0 saturated heterocycles. The molecule has 0 atom stereocenters. The number of carbonyl (C=O) groups is 1. The second-order valence-corrected chi connectivity index (χ2v) is 11.2. The van der Waals surface area contributed by atoms with Crippen molar-refractivity contribution in [3.05, 3.63) is 59.2 Å². The van der Waals surface area contributed by atoms with E-state index in [-0.39, 0.29) is 16.8 Å². The highest BCUT2D eigenvalue weighted by Crippen LogP contribution is 2.40. The van der Waals surface area contributed by atoms with Gasteiger partial charge in [-0.25, -0.2) is 0 Å². The summed E-state index contributed by atoms with van der Waals surface area (Å²) in [6.45, 7) is 21.1. The smallest absolute Gasteiger partial charge is 0.185 e. The number of ketones is 1. The Labute approximate surface area is 200 Å². The molecule has 33 heavy (non-hydrogen) atoms. The van der Waals surface area contributed by atoms with Gasteiger partial charge in [-0.2, -0.15) is 0 Å². The summed E-state index contributed by atoms with van der Waals surface area (Å²) in [5.41, 5.74) is 1.62. The molecule has 0 aliphatic carbocycles. The Morgan fingerprint density at radius 2 is 1.36 bits per heavy atom. The molecule has 0 amide bonds. The molecular formula is C29H40O4. The SMILES string of the molecule is CCOc1ccc(C(=O)/C=C\c2cc(C(C)(C)C)c(OC(C)(C)C)cc2OC(C)(C)C)cc1. The standard InChI is InChI=1S/C29H40O4/c1-11-31-22-15-12-20(13-16-22)24(30)17-14-21-18-23(27(2,3)4)26(33-29(8,9)10)19-25(21)32-28(5,6)7/h12-19H,11H2,1-10H3/b17-14-. The van der Waals surface area contributed by atoms with E-state index < -0.39 is 5.60 Å². The fourth-order valence-electron chi connectivity index (χ4n) is 3.27. The zero-order valence-corrected chi connectivity index (χ0v) is 22.0. The minimum Gasteiger partial charge on any atom is -0.494 e. The highest BCUT2D eigenvalue weighted by atomic mass is 16.5. The van der Waals surface area contributed by atoms with Crippen LogP contribution in [0.25, 0.3) is 6.08 Å². The van der Waals surface area contributed by atoms with E-state index in [1.165, 1.54) is 0 Å². The van der Waals surface area contributed by atoms with Crippen LogP contribution in [0, 0.1) is 0 Å². The summed E-state index contributed by atoms with van der Waals surface area (Å²) in [6.07, 6.45) is 3.42. The maximum Gasteiger partial charge on any atom is 0.185 e. The van der Waals surface area contributed by atoms with Gasteiger partial charge in [0.25, 0.3) is 0 Å². The van der Waals surface area contributed by atoms with Crippen LogP contribution in [-0.2, 0) is 5.41 Å². The molecule has 0 spiro atoms. The van der Waals surface area contributed by atoms with Crippen LogP contribution in [0.3, 0.4) is 0 Å². The normalized spacial score (nSPS) is 12.7. The quantitative estimate of drug-likeness (QED) is 0.320. The predicted molar refractivity (Wildman–Crippen MR) is 137 cm³/mol. The van der Waals surface area contributed by atoms with Crippen LogP contribution < -0.4 is 14.2 Å². The van der Waals surface area contributed by atoms with Gasteiger partial charge in [0.1, 0.15) is 28.5 Å². The first-order chi connectivity index (χ1) is 15.1. The third-order valence-electron chi connectivity index (χ3n) is 4.62. The molecule has 4 nitrogen and oxygen atoms in total. The molecule has 0 aliphatic heterocycles. The van der Waals surface area contributed by atoms with Gasteiger partial charge in [-0.05, 0) is 96.4 Å². The largest absolute Gasteiger partial charge is 0.494 e. The van der Waals surface area contributed by atoms with Crippen molar-refractivity contribution < 1.29 is 19.0 Å². The van der Waals surface area contributed by atoms with Crippen molar-refractivity contribution in [2.75, 3.05) is 6.61 Å². The lowest BCUT2D eigenvalue weighted by Gasteiger charge is -2.30. The first kappa shape index (κ1) is 26.5. The molecule has 2 aromatic carbocycles. The summed E-state index contributed by atoms with van der Waals surface area (Å²) >= 11 is 0. The van der Waals surface area contributed by atoms with Gasteiger partial charge in [-0.1, -0.05) is 20.8 Å². The lowest BCUT2D eigenvalue weighted by Crippen LogP contribution is -2.27. The molecule has 0 heterocycles. The van der Waals surface area contributed by atoms with Crippen molar-refractivity contribution in [2.24, 2.45) is 0 Å². The fourth-order valence-corrected chi connectivity index (χ4v) is 3.27. The molecule has 0 radical (unpaired) electrons. The molecule has 2 aromatic rings. The number of ether oxygens (including phenoxy) is 3. The zero-order chi connectivity index (χ0) is 25.0. The Morgan fingerprint density at radius 3 is 1.85 bits per heavy atom. The number of allylic oxidation sites excluding steroid dienone is 1. The monoisotopic (exact) mass is 452 g/mol. The Balaban J connectivity index is 2.51. The molecule has 4 heteroatoms. The molecule has 0 fully saturated rings. The van der Waals surface area contributed by atoms with E-state index in [1.807, 2.05) is 72.7 Å². The van der Waals surface area contributed by atoms with Crippen LogP contribution in [0.1, 0.15) is 90.7 Å². The third kappa shape index (κ3) is 8.27. The molecule has 0 aromatic heterocycles. The summed E-state index contributed by atoms with van der Waals surface area (Å²) in [6, 6.07) is 11.2. The van der Waals surface area contributed by atoms with Gasteiger partial charge in [0.2, 0.25) is 0 Å². The zero-order valence-electron chi connectivity index (χ0n) is 22.0. The minimum atomic E-state index is -0.399. The molecule has 0 unspecified atom stereocenters. The highest BCUT2D eigenvalue weighted by molar-refractivity contribution is 6.07. The molecule has 180 valence electrons. The van der Waals surface area contributed by atoms with Crippen molar-refractivity contribution in [1.82, 2.24) is 0 Å². The maximum atomic E-state index is 12.8. The van der Waals surface area contributed by atoms with Crippen LogP contribution in [0.5, 0.6) is 17.2 Å². The summed E-state index contributed by atoms with van der Waals surface area (Å²) in [5, 5.41) is 0. The van der Waals surface area contributed by atoms with Gasteiger partial charge in [-0.3, -0.25) is 4.79 Å². The van der Waals surface area contributed by atoms with Crippen molar-refractivity contribution in [1.29, 1.82) is 0 Å². The molecule has 0 aliphatic rings. The van der Waals surface area contributed by atoms with Gasteiger partial charge in [-0.15, -0.1) is 0 Å². The second kappa shape index (κ2) is 10.0. The first-order valence-corrected chi connectivity index (χ1v) is 11.6.